The van der Waals surface area contributed by atoms with Gasteiger partial charge >= 0.3 is 0 Å². The number of hydrogen-bond donors (Lipinski definition) is 1. The highest BCUT2D eigenvalue weighted by Gasteiger charge is 2.18. The van der Waals surface area contributed by atoms with E-state index in [2.05, 4.69) is 16.7 Å². The second kappa shape index (κ2) is 6.16. The molecular weight excluding hydrogens is 229 g/mol. The van der Waals surface area contributed by atoms with Crippen LogP contribution in [0.4, 0.5) is 10.1 Å². The normalized spacial score (nSPS) is 17.2. The van der Waals surface area contributed by atoms with Gasteiger partial charge in [0.1, 0.15) is 5.82 Å². The fraction of sp³-hybridized carbons (Fsp3) is 0.571. The molecule has 4 heteroatoms. The lowest BCUT2D eigenvalue weighted by Gasteiger charge is -2.36. The first-order chi connectivity index (χ1) is 8.74. The Morgan fingerprint density at radius 2 is 1.94 bits per heavy atom. The Labute approximate surface area is 108 Å². The summed E-state index contributed by atoms with van der Waals surface area (Å²) in [7, 11) is 0. The fourth-order valence-corrected chi connectivity index (χ4v) is 2.46. The van der Waals surface area contributed by atoms with Crippen LogP contribution >= 0.6 is 0 Å². The molecule has 1 aliphatic heterocycles. The number of piperazine rings is 1. The summed E-state index contributed by atoms with van der Waals surface area (Å²) < 4.78 is 14.0. The van der Waals surface area contributed by atoms with Crippen molar-refractivity contribution in [2.45, 2.75) is 19.9 Å². The van der Waals surface area contributed by atoms with Crippen LogP contribution in [-0.4, -0.2) is 37.6 Å². The minimum Gasteiger partial charge on any atom is -0.367 e. The lowest BCUT2D eigenvalue weighted by Crippen LogP contribution is -2.46. The van der Waals surface area contributed by atoms with E-state index in [0.29, 0.717) is 12.2 Å². The number of nitrogens with two attached hydrogens (primary N) is 1. The zero-order chi connectivity index (χ0) is 13.0. The summed E-state index contributed by atoms with van der Waals surface area (Å²) in [6, 6.07) is 5.32. The van der Waals surface area contributed by atoms with Crippen molar-refractivity contribution in [3.05, 3.63) is 29.6 Å². The highest BCUT2D eigenvalue weighted by Crippen LogP contribution is 2.21. The van der Waals surface area contributed by atoms with E-state index in [1.165, 1.54) is 6.42 Å². The monoisotopic (exact) mass is 251 g/mol. The molecule has 1 aliphatic rings. The van der Waals surface area contributed by atoms with Gasteiger partial charge in [0.15, 0.2) is 0 Å². The first kappa shape index (κ1) is 13.3. The molecule has 0 unspecified atom stereocenters. The highest BCUT2D eigenvalue weighted by molar-refractivity contribution is 5.49. The number of anilines is 1. The van der Waals surface area contributed by atoms with Gasteiger partial charge in [-0.2, -0.15) is 0 Å². The first-order valence-corrected chi connectivity index (χ1v) is 6.70. The lowest BCUT2D eigenvalue weighted by molar-refractivity contribution is 0.258. The number of halogens is 1. The minimum absolute atomic E-state index is 0.151. The van der Waals surface area contributed by atoms with Crippen molar-refractivity contribution in [2.75, 3.05) is 37.6 Å². The van der Waals surface area contributed by atoms with E-state index in [1.54, 1.807) is 6.07 Å². The van der Waals surface area contributed by atoms with Gasteiger partial charge < -0.3 is 10.6 Å². The number of benzene rings is 1. The van der Waals surface area contributed by atoms with E-state index in [-0.39, 0.29) is 5.82 Å². The molecule has 2 N–H and O–H groups in total. The van der Waals surface area contributed by atoms with E-state index in [4.69, 9.17) is 5.73 Å². The van der Waals surface area contributed by atoms with E-state index in [0.717, 1.165) is 38.3 Å². The maximum atomic E-state index is 14.0. The molecule has 0 saturated carbocycles. The smallest absolute Gasteiger partial charge is 0.146 e. The molecular formula is C14H22FN3. The molecule has 1 fully saturated rings. The minimum atomic E-state index is -0.151. The third kappa shape index (κ3) is 3.00. The van der Waals surface area contributed by atoms with Crippen LogP contribution in [0.5, 0.6) is 0 Å². The van der Waals surface area contributed by atoms with Gasteiger partial charge in [-0.1, -0.05) is 13.0 Å². The number of nitrogens with zero attached hydrogens (tertiary/aromatic N) is 2. The summed E-state index contributed by atoms with van der Waals surface area (Å²) in [4.78, 5) is 4.56. The van der Waals surface area contributed by atoms with E-state index in [9.17, 15) is 4.39 Å². The maximum Gasteiger partial charge on any atom is 0.146 e. The highest BCUT2D eigenvalue weighted by atomic mass is 19.1. The van der Waals surface area contributed by atoms with Crippen molar-refractivity contribution in [1.82, 2.24) is 4.90 Å². The van der Waals surface area contributed by atoms with Crippen LogP contribution in [0.15, 0.2) is 18.2 Å². The second-order valence-electron chi connectivity index (χ2n) is 4.82. The predicted molar refractivity (Wildman–Crippen MR) is 73.2 cm³/mol. The molecule has 0 atom stereocenters. The van der Waals surface area contributed by atoms with Gasteiger partial charge in [0.25, 0.3) is 0 Å². The quantitative estimate of drug-likeness (QED) is 0.886. The predicted octanol–water partition coefficient (Wildman–Crippen LogP) is 1.82. The van der Waals surface area contributed by atoms with Crippen LogP contribution in [0.3, 0.4) is 0 Å². The molecule has 0 radical (unpaired) electrons. The Morgan fingerprint density at radius 1 is 1.22 bits per heavy atom. The zero-order valence-electron chi connectivity index (χ0n) is 11.0. The first-order valence-electron chi connectivity index (χ1n) is 6.70. The van der Waals surface area contributed by atoms with Crippen molar-refractivity contribution in [2.24, 2.45) is 5.73 Å². The van der Waals surface area contributed by atoms with E-state index >= 15 is 0 Å². The van der Waals surface area contributed by atoms with Crippen LogP contribution in [0.1, 0.15) is 18.9 Å². The largest absolute Gasteiger partial charge is 0.367 e. The number of hydrogen-bond acceptors (Lipinski definition) is 3. The fourth-order valence-electron chi connectivity index (χ4n) is 2.46. The van der Waals surface area contributed by atoms with Gasteiger partial charge in [-0.25, -0.2) is 4.39 Å². The van der Waals surface area contributed by atoms with Gasteiger partial charge in [-0.3, -0.25) is 4.90 Å². The van der Waals surface area contributed by atoms with Crippen LogP contribution in [0.25, 0.3) is 0 Å². The lowest BCUT2D eigenvalue weighted by atomic mass is 10.1. The molecule has 1 aromatic rings. The average Bonchev–Trinajstić information content (AvgIpc) is 2.40. The summed E-state index contributed by atoms with van der Waals surface area (Å²) in [5.74, 6) is -0.151. The number of rotatable bonds is 4. The molecule has 0 amide bonds. The SMILES string of the molecule is CCCN1CCN(c2ccc(CN)cc2F)CC1. The third-order valence-electron chi connectivity index (χ3n) is 3.50. The maximum absolute atomic E-state index is 14.0. The van der Waals surface area contributed by atoms with Crippen LogP contribution in [0.2, 0.25) is 0 Å². The molecule has 0 spiro atoms. The van der Waals surface area contributed by atoms with E-state index in [1.807, 2.05) is 12.1 Å². The van der Waals surface area contributed by atoms with Crippen LogP contribution in [0, 0.1) is 5.82 Å². The Kier molecular flexibility index (Phi) is 4.55. The molecule has 18 heavy (non-hydrogen) atoms. The average molecular weight is 251 g/mol. The van der Waals surface area contributed by atoms with Gasteiger partial charge in [0.05, 0.1) is 5.69 Å². The Balaban J connectivity index is 2.01. The summed E-state index contributed by atoms with van der Waals surface area (Å²) in [5, 5.41) is 0. The standard InChI is InChI=1S/C14H22FN3/c1-2-5-17-6-8-18(9-7-17)14-4-3-12(11-16)10-13(14)15/h3-4,10H,2,5-9,11,16H2,1H3. The topological polar surface area (TPSA) is 32.5 Å². The zero-order valence-corrected chi connectivity index (χ0v) is 11.0. The van der Waals surface area contributed by atoms with Gasteiger partial charge in [0, 0.05) is 32.7 Å². The summed E-state index contributed by atoms with van der Waals surface area (Å²) >= 11 is 0. The van der Waals surface area contributed by atoms with Gasteiger partial charge in [-0.15, -0.1) is 0 Å². The molecule has 0 aromatic heterocycles. The molecule has 3 nitrogen and oxygen atoms in total. The molecule has 0 aliphatic carbocycles. The molecule has 2 rings (SSSR count). The molecule has 1 heterocycles. The van der Waals surface area contributed by atoms with Crippen molar-refractivity contribution < 1.29 is 4.39 Å². The molecule has 1 saturated heterocycles. The summed E-state index contributed by atoms with van der Waals surface area (Å²) in [6.45, 7) is 7.57. The molecule has 0 bridgehead atoms. The van der Waals surface area contributed by atoms with Crippen LogP contribution < -0.4 is 10.6 Å². The Hall–Kier alpha value is -1.13. The van der Waals surface area contributed by atoms with Gasteiger partial charge in [0.2, 0.25) is 0 Å². The Bertz CT molecular complexity index is 387. The second-order valence-corrected chi connectivity index (χ2v) is 4.82. The summed E-state index contributed by atoms with van der Waals surface area (Å²) in [5.41, 5.74) is 7.07. The Morgan fingerprint density at radius 3 is 2.50 bits per heavy atom. The van der Waals surface area contributed by atoms with Crippen molar-refractivity contribution in [1.29, 1.82) is 0 Å². The molecule has 1 aromatic carbocycles. The summed E-state index contributed by atoms with van der Waals surface area (Å²) in [6.07, 6.45) is 1.18. The van der Waals surface area contributed by atoms with E-state index < -0.39 is 0 Å². The van der Waals surface area contributed by atoms with Crippen molar-refractivity contribution in [3.63, 3.8) is 0 Å². The van der Waals surface area contributed by atoms with Crippen molar-refractivity contribution >= 4 is 5.69 Å². The van der Waals surface area contributed by atoms with Crippen LogP contribution in [-0.2, 0) is 6.54 Å². The van der Waals surface area contributed by atoms with Gasteiger partial charge in [-0.05, 0) is 30.7 Å². The molecule has 100 valence electrons. The third-order valence-corrected chi connectivity index (χ3v) is 3.50. The van der Waals surface area contributed by atoms with Crippen molar-refractivity contribution in [3.8, 4) is 0 Å².